The van der Waals surface area contributed by atoms with Crippen molar-refractivity contribution in [3.63, 3.8) is 0 Å². The van der Waals surface area contributed by atoms with Crippen molar-refractivity contribution in [2.24, 2.45) is 16.8 Å². The van der Waals surface area contributed by atoms with Gasteiger partial charge in [-0.1, -0.05) is 64.0 Å². The van der Waals surface area contributed by atoms with Crippen molar-refractivity contribution in [2.75, 3.05) is 12.3 Å². The highest BCUT2D eigenvalue weighted by Gasteiger charge is 2.25. The molecule has 1 aliphatic heterocycles. The zero-order valence-corrected chi connectivity index (χ0v) is 25.4. The van der Waals surface area contributed by atoms with E-state index in [-0.39, 0.29) is 0 Å². The molecule has 0 radical (unpaired) electrons. The average Bonchev–Trinajstić information content (AvgIpc) is 3.57. The largest absolute Gasteiger partial charge is 0.398 e. The molecule has 2 aromatic rings. The molecule has 1 heterocycles. The SMILES string of the molecule is C#CC.CCCc1c(CCCCCc2ccc(C3=NCC=C3)c(N)c2CC2CC2)ccc(CCC(C)C)c1C. The highest BCUT2D eigenvalue weighted by molar-refractivity contribution is 6.13. The van der Waals surface area contributed by atoms with Gasteiger partial charge in [-0.3, -0.25) is 4.99 Å². The number of aliphatic imine (C=N–C) groups is 1. The number of anilines is 1. The summed E-state index contributed by atoms with van der Waals surface area (Å²) in [5, 5.41) is 0. The summed E-state index contributed by atoms with van der Waals surface area (Å²) in [6.07, 6.45) is 23.8. The Labute approximate surface area is 239 Å². The number of aryl methyl sites for hydroxylation is 3. The zero-order chi connectivity index (χ0) is 28.2. The van der Waals surface area contributed by atoms with E-state index in [0.29, 0.717) is 0 Å². The van der Waals surface area contributed by atoms with Crippen LogP contribution in [-0.4, -0.2) is 12.3 Å². The molecule has 0 unspecified atom stereocenters. The minimum absolute atomic E-state index is 0.767. The van der Waals surface area contributed by atoms with Gasteiger partial charge >= 0.3 is 0 Å². The molecule has 0 saturated heterocycles. The molecule has 1 fully saturated rings. The predicted molar refractivity (Wildman–Crippen MR) is 172 cm³/mol. The minimum Gasteiger partial charge on any atom is -0.398 e. The van der Waals surface area contributed by atoms with Crippen molar-refractivity contribution >= 4 is 11.4 Å². The summed E-state index contributed by atoms with van der Waals surface area (Å²) in [6, 6.07) is 9.43. The van der Waals surface area contributed by atoms with Gasteiger partial charge < -0.3 is 5.73 Å². The zero-order valence-electron chi connectivity index (χ0n) is 25.4. The quantitative estimate of drug-likeness (QED) is 0.149. The van der Waals surface area contributed by atoms with Crippen molar-refractivity contribution in [1.82, 2.24) is 0 Å². The van der Waals surface area contributed by atoms with Crippen LogP contribution in [0.5, 0.6) is 0 Å². The second-order valence-corrected chi connectivity index (χ2v) is 12.0. The number of benzene rings is 2. The van der Waals surface area contributed by atoms with E-state index >= 15 is 0 Å². The van der Waals surface area contributed by atoms with E-state index in [2.05, 4.69) is 81.4 Å². The van der Waals surface area contributed by atoms with Crippen molar-refractivity contribution in [3.8, 4) is 12.3 Å². The topological polar surface area (TPSA) is 38.4 Å². The molecule has 2 nitrogen and oxygen atoms in total. The Morgan fingerprint density at radius 2 is 1.59 bits per heavy atom. The van der Waals surface area contributed by atoms with Gasteiger partial charge in [0.15, 0.2) is 0 Å². The Morgan fingerprint density at radius 1 is 0.949 bits per heavy atom. The van der Waals surface area contributed by atoms with E-state index < -0.39 is 0 Å². The third-order valence-electron chi connectivity index (χ3n) is 8.25. The van der Waals surface area contributed by atoms with Crippen molar-refractivity contribution in [1.29, 1.82) is 0 Å². The molecular weight excluding hydrogens is 472 g/mol. The number of nitrogen functional groups attached to an aromatic ring is 1. The van der Waals surface area contributed by atoms with Crippen LogP contribution in [-0.2, 0) is 32.1 Å². The van der Waals surface area contributed by atoms with Crippen LogP contribution in [0.15, 0.2) is 41.4 Å². The molecule has 0 aromatic heterocycles. The fraction of sp³-hybridized carbons (Fsp3) is 0.541. The van der Waals surface area contributed by atoms with E-state index in [4.69, 9.17) is 5.73 Å². The van der Waals surface area contributed by atoms with Crippen LogP contribution in [0.25, 0.3) is 0 Å². The third kappa shape index (κ3) is 9.13. The van der Waals surface area contributed by atoms with Gasteiger partial charge in [-0.05, 0) is 129 Å². The van der Waals surface area contributed by atoms with E-state index in [1.165, 1.54) is 75.3 Å². The number of nitrogens with zero attached hydrogens (tertiary/aromatic N) is 1. The molecule has 2 heteroatoms. The first-order chi connectivity index (χ1) is 18.9. The molecule has 0 bridgehead atoms. The standard InChI is InChI=1S/C34H48N2.C3H4/c1-5-10-30-25(4)27(17-14-24(2)3)18-19-28(30)11-7-6-8-12-29-20-21-31(33-13-9-22-36-33)34(35)32(29)23-26-15-16-26;1-3-2/h9,13,18-21,24,26H,5-8,10-12,14-17,22-23,35H2,1-4H3;1H,2H3. The fourth-order valence-electron chi connectivity index (χ4n) is 5.78. The minimum atomic E-state index is 0.767. The molecule has 2 aliphatic rings. The summed E-state index contributed by atoms with van der Waals surface area (Å²) in [4.78, 5) is 4.62. The van der Waals surface area contributed by atoms with Crippen LogP contribution in [0.4, 0.5) is 5.69 Å². The van der Waals surface area contributed by atoms with Gasteiger partial charge in [-0.15, -0.1) is 12.3 Å². The maximum absolute atomic E-state index is 6.74. The van der Waals surface area contributed by atoms with Gasteiger partial charge in [-0.2, -0.15) is 0 Å². The summed E-state index contributed by atoms with van der Waals surface area (Å²) in [6.45, 7) is 11.8. The Hall–Kier alpha value is -2.79. The molecule has 2 aromatic carbocycles. The van der Waals surface area contributed by atoms with Gasteiger partial charge in [0, 0.05) is 11.3 Å². The summed E-state index contributed by atoms with van der Waals surface area (Å²) >= 11 is 0. The second kappa shape index (κ2) is 15.7. The molecule has 0 atom stereocenters. The van der Waals surface area contributed by atoms with Gasteiger partial charge in [0.25, 0.3) is 0 Å². The third-order valence-corrected chi connectivity index (χ3v) is 8.25. The molecule has 0 amide bonds. The maximum Gasteiger partial charge on any atom is 0.0668 e. The monoisotopic (exact) mass is 524 g/mol. The lowest BCUT2D eigenvalue weighted by Gasteiger charge is -2.17. The summed E-state index contributed by atoms with van der Waals surface area (Å²) < 4.78 is 0. The molecule has 1 aliphatic carbocycles. The first-order valence-electron chi connectivity index (χ1n) is 15.5. The van der Waals surface area contributed by atoms with Crippen LogP contribution in [0.1, 0.15) is 112 Å². The van der Waals surface area contributed by atoms with Crippen LogP contribution in [0, 0.1) is 31.1 Å². The summed E-state index contributed by atoms with van der Waals surface area (Å²) in [5.41, 5.74) is 19.2. The lowest BCUT2D eigenvalue weighted by molar-refractivity contribution is 0.585. The lowest BCUT2D eigenvalue weighted by atomic mass is 9.88. The molecule has 0 spiro atoms. The fourth-order valence-corrected chi connectivity index (χ4v) is 5.78. The van der Waals surface area contributed by atoms with Crippen molar-refractivity contribution < 1.29 is 0 Å². The van der Waals surface area contributed by atoms with E-state index in [0.717, 1.165) is 48.2 Å². The van der Waals surface area contributed by atoms with Crippen LogP contribution in [0.2, 0.25) is 0 Å². The number of allylic oxidation sites excluding steroid dienone is 1. The summed E-state index contributed by atoms with van der Waals surface area (Å²) in [7, 11) is 0. The van der Waals surface area contributed by atoms with Gasteiger partial charge in [0.05, 0.1) is 12.3 Å². The van der Waals surface area contributed by atoms with E-state index in [1.54, 1.807) is 29.2 Å². The number of nitrogens with two attached hydrogens (primary N) is 1. The summed E-state index contributed by atoms with van der Waals surface area (Å²) in [5.74, 6) is 3.86. The van der Waals surface area contributed by atoms with Crippen molar-refractivity contribution in [2.45, 2.75) is 112 Å². The van der Waals surface area contributed by atoms with Crippen LogP contribution < -0.4 is 5.73 Å². The Balaban J connectivity index is 0.00000134. The Morgan fingerprint density at radius 3 is 2.18 bits per heavy atom. The Bertz CT molecular complexity index is 1170. The maximum atomic E-state index is 6.74. The first-order valence-corrected chi connectivity index (χ1v) is 15.5. The lowest BCUT2D eigenvalue weighted by Crippen LogP contribution is -2.08. The normalized spacial score (nSPS) is 14.2. The number of hydrogen-bond acceptors (Lipinski definition) is 2. The van der Waals surface area contributed by atoms with Crippen LogP contribution in [0.3, 0.4) is 0 Å². The van der Waals surface area contributed by atoms with Gasteiger partial charge in [0.2, 0.25) is 0 Å². The van der Waals surface area contributed by atoms with Gasteiger partial charge in [-0.25, -0.2) is 0 Å². The predicted octanol–water partition coefficient (Wildman–Crippen LogP) is 9.02. The average molecular weight is 525 g/mol. The van der Waals surface area contributed by atoms with Crippen molar-refractivity contribution in [3.05, 3.63) is 75.4 Å². The molecule has 1 saturated carbocycles. The van der Waals surface area contributed by atoms with Gasteiger partial charge in [0.1, 0.15) is 0 Å². The molecular formula is C37H52N2. The second-order valence-electron chi connectivity index (χ2n) is 12.0. The van der Waals surface area contributed by atoms with E-state index in [1.807, 2.05) is 0 Å². The Kier molecular flexibility index (Phi) is 12.4. The number of unbranched alkanes of at least 4 members (excludes halogenated alkanes) is 2. The molecule has 2 N–H and O–H groups in total. The number of hydrogen-bond donors (Lipinski definition) is 1. The molecule has 210 valence electrons. The smallest absolute Gasteiger partial charge is 0.0668 e. The van der Waals surface area contributed by atoms with Crippen LogP contribution >= 0.6 is 0 Å². The number of rotatable bonds is 14. The molecule has 39 heavy (non-hydrogen) atoms. The highest BCUT2D eigenvalue weighted by atomic mass is 14.8. The highest BCUT2D eigenvalue weighted by Crippen LogP contribution is 2.37. The first kappa shape index (κ1) is 30.7. The number of terminal acetylenes is 1. The molecule has 4 rings (SSSR count). The van der Waals surface area contributed by atoms with E-state index in [9.17, 15) is 0 Å².